The van der Waals surface area contributed by atoms with Gasteiger partial charge in [-0.2, -0.15) is 0 Å². The zero-order valence-corrected chi connectivity index (χ0v) is 25.8. The van der Waals surface area contributed by atoms with Crippen LogP contribution in [-0.2, 0) is 0 Å². The van der Waals surface area contributed by atoms with Crippen LogP contribution >= 0.6 is 0 Å². The van der Waals surface area contributed by atoms with Crippen LogP contribution in [0.25, 0.3) is 32.7 Å². The molecule has 0 unspecified atom stereocenters. The van der Waals surface area contributed by atoms with Crippen LogP contribution in [0.15, 0.2) is 109 Å². The lowest BCUT2D eigenvalue weighted by Crippen LogP contribution is -2.07. The number of rotatable bonds is 2. The lowest BCUT2D eigenvalue weighted by molar-refractivity contribution is 0.124. The van der Waals surface area contributed by atoms with Crippen molar-refractivity contribution in [2.24, 2.45) is 0 Å². The smallest absolute Gasteiger partial charge is 0.231 e. The Balaban J connectivity index is 1.44. The minimum atomic E-state index is 0.0507. The van der Waals surface area contributed by atoms with Crippen molar-refractivity contribution in [2.45, 2.75) is 0 Å². The van der Waals surface area contributed by atoms with E-state index >= 15 is 0 Å². The molecule has 0 aromatic heterocycles. The monoisotopic (exact) mass is 584 g/mol. The minimum absolute atomic E-state index is 0.0507. The van der Waals surface area contributed by atoms with Gasteiger partial charge in [0.05, 0.1) is 11.1 Å². The van der Waals surface area contributed by atoms with E-state index in [1.54, 1.807) is 0 Å². The summed E-state index contributed by atoms with van der Waals surface area (Å²) in [6, 6.07) is 37.5. The van der Waals surface area contributed by atoms with E-state index in [1.165, 1.54) is 0 Å². The van der Waals surface area contributed by atoms with Gasteiger partial charge in [0.2, 0.25) is 6.79 Å². The van der Waals surface area contributed by atoms with Crippen LogP contribution < -0.4 is 19.3 Å². The maximum atomic E-state index is 6.43. The Kier molecular flexibility index (Phi) is 7.26. The predicted molar refractivity (Wildman–Crippen MR) is 187 cm³/mol. The molecule has 4 nitrogen and oxygen atoms in total. The molecule has 0 spiro atoms. The third kappa shape index (κ3) is 5.40. The van der Waals surface area contributed by atoms with Crippen LogP contribution in [-0.4, -0.2) is 35.0 Å². The molecule has 1 aliphatic rings. The van der Waals surface area contributed by atoms with Gasteiger partial charge in [-0.25, -0.2) is 0 Å². The van der Waals surface area contributed by atoms with Crippen molar-refractivity contribution >= 4 is 32.9 Å². The summed E-state index contributed by atoms with van der Waals surface area (Å²) in [5.41, 5.74) is 7.73. The first kappa shape index (κ1) is 28.0. The maximum Gasteiger partial charge on any atom is 0.231 e. The largest absolute Gasteiger partial charge is 0.456 e. The number of benzene rings is 6. The third-order valence-electron chi connectivity index (χ3n) is 8.11. The Bertz CT molecular complexity index is 2030. The molecule has 7 rings (SSSR count). The van der Waals surface area contributed by atoms with E-state index in [1.807, 2.05) is 52.5 Å². The lowest BCUT2D eigenvalue weighted by atomic mass is 9.89. The summed E-state index contributed by atoms with van der Waals surface area (Å²) in [6.45, 7) is 0.0507. The Morgan fingerprint density at radius 2 is 0.889 bits per heavy atom. The zero-order valence-electron chi connectivity index (χ0n) is 25.8. The van der Waals surface area contributed by atoms with Gasteiger partial charge in [0, 0.05) is 61.8 Å². The molecule has 6 aromatic carbocycles. The molecule has 0 saturated carbocycles. The maximum absolute atomic E-state index is 6.43. The number of hydrogen-bond donors (Lipinski definition) is 0. The van der Waals surface area contributed by atoms with Crippen LogP contribution in [0.1, 0.15) is 22.3 Å². The van der Waals surface area contributed by atoms with Crippen LogP contribution in [0, 0.1) is 23.7 Å². The molecule has 218 valence electrons. The lowest BCUT2D eigenvalue weighted by Gasteiger charge is -2.16. The van der Waals surface area contributed by atoms with Gasteiger partial charge in [0.15, 0.2) is 0 Å². The van der Waals surface area contributed by atoms with Crippen LogP contribution in [0.3, 0.4) is 0 Å². The molecular weight excluding hydrogens is 552 g/mol. The van der Waals surface area contributed by atoms with Gasteiger partial charge in [0.1, 0.15) is 11.5 Å². The predicted octanol–water partition coefficient (Wildman–Crippen LogP) is 8.32. The quantitative estimate of drug-likeness (QED) is 0.191. The van der Waals surface area contributed by atoms with Crippen molar-refractivity contribution in [1.82, 2.24) is 0 Å². The molecule has 1 aliphatic heterocycles. The van der Waals surface area contributed by atoms with Gasteiger partial charge in [-0.15, -0.1) is 0 Å². The second-order valence-electron chi connectivity index (χ2n) is 11.5. The first-order valence-electron chi connectivity index (χ1n) is 14.9. The van der Waals surface area contributed by atoms with Gasteiger partial charge >= 0.3 is 0 Å². The van der Waals surface area contributed by atoms with Crippen molar-refractivity contribution in [2.75, 3.05) is 44.8 Å². The molecule has 0 saturated heterocycles. The molecule has 1 heterocycles. The molecule has 0 aliphatic carbocycles. The SMILES string of the molecule is CN(C)c1ccc(C#Cc2cc3ccccc3c3c2OCOc2c(C#Cc4ccc(N(C)C)cc4)cc4ccccc4c2-3)cc1. The van der Waals surface area contributed by atoms with E-state index < -0.39 is 0 Å². The molecule has 45 heavy (non-hydrogen) atoms. The molecule has 0 bridgehead atoms. The Hall–Kier alpha value is -5.84. The fraction of sp³-hybridized carbons (Fsp3) is 0.122. The van der Waals surface area contributed by atoms with E-state index in [-0.39, 0.29) is 6.79 Å². The van der Waals surface area contributed by atoms with Crippen LogP contribution in [0.4, 0.5) is 11.4 Å². The molecule has 0 atom stereocenters. The third-order valence-corrected chi connectivity index (χ3v) is 8.11. The summed E-state index contributed by atoms with van der Waals surface area (Å²) in [4.78, 5) is 4.16. The topological polar surface area (TPSA) is 24.9 Å². The van der Waals surface area contributed by atoms with Gasteiger partial charge < -0.3 is 19.3 Å². The van der Waals surface area contributed by atoms with E-state index in [9.17, 15) is 0 Å². The second kappa shape index (κ2) is 11.7. The molecular formula is C41H32N2O2. The molecule has 0 N–H and O–H groups in total. The van der Waals surface area contributed by atoms with Crippen LogP contribution in [0.2, 0.25) is 0 Å². The standard InChI is InChI=1S/C41H32N2O2/c1-42(2)34-21-15-28(16-22-34)13-19-32-25-30-9-5-7-11-36(30)38-39-37-12-8-6-10-31(37)26-33(41(39)45-27-44-40(32)38)20-14-29-17-23-35(24-18-29)43(3)4/h5-12,15-18,21-26H,27H2,1-4H3. The first-order chi connectivity index (χ1) is 22.0. The van der Waals surface area contributed by atoms with Gasteiger partial charge in [-0.1, -0.05) is 72.2 Å². The first-order valence-corrected chi connectivity index (χ1v) is 14.9. The number of anilines is 2. The number of ether oxygens (including phenoxy) is 2. The summed E-state index contributed by atoms with van der Waals surface area (Å²) in [5.74, 6) is 15.1. The van der Waals surface area contributed by atoms with E-state index in [0.717, 1.165) is 77.8 Å². The number of nitrogens with zero attached hydrogens (tertiary/aromatic N) is 2. The normalized spacial score (nSPS) is 11.5. The summed E-state index contributed by atoms with van der Waals surface area (Å²) in [7, 11) is 8.13. The number of hydrogen-bond acceptors (Lipinski definition) is 4. The number of fused-ring (bicyclic) bond motifs is 7. The highest BCUT2D eigenvalue weighted by atomic mass is 16.7. The Labute approximate surface area is 264 Å². The molecule has 0 fully saturated rings. The highest BCUT2D eigenvalue weighted by Gasteiger charge is 2.26. The molecule has 4 heteroatoms. The summed E-state index contributed by atoms with van der Waals surface area (Å²) in [6.07, 6.45) is 0. The summed E-state index contributed by atoms with van der Waals surface area (Å²) in [5, 5.41) is 4.33. The van der Waals surface area contributed by atoms with Crippen LogP contribution in [0.5, 0.6) is 11.5 Å². The fourth-order valence-corrected chi connectivity index (χ4v) is 5.75. The highest BCUT2D eigenvalue weighted by Crippen LogP contribution is 2.49. The fourth-order valence-electron chi connectivity index (χ4n) is 5.75. The minimum Gasteiger partial charge on any atom is -0.456 e. The molecule has 0 radical (unpaired) electrons. The van der Waals surface area contributed by atoms with E-state index in [0.29, 0.717) is 0 Å². The Morgan fingerprint density at radius 1 is 0.489 bits per heavy atom. The van der Waals surface area contributed by atoms with E-state index in [4.69, 9.17) is 9.47 Å². The zero-order chi connectivity index (χ0) is 30.9. The average molecular weight is 585 g/mol. The van der Waals surface area contributed by atoms with Crippen molar-refractivity contribution < 1.29 is 9.47 Å². The van der Waals surface area contributed by atoms with Crippen molar-refractivity contribution in [3.63, 3.8) is 0 Å². The molecule has 0 amide bonds. The summed E-state index contributed by atoms with van der Waals surface area (Å²) >= 11 is 0. The highest BCUT2D eigenvalue weighted by molar-refractivity contribution is 6.11. The van der Waals surface area contributed by atoms with E-state index in [2.05, 4.69) is 118 Å². The van der Waals surface area contributed by atoms with Gasteiger partial charge in [-0.3, -0.25) is 0 Å². The van der Waals surface area contributed by atoms with Crippen molar-refractivity contribution in [1.29, 1.82) is 0 Å². The van der Waals surface area contributed by atoms with Crippen molar-refractivity contribution in [3.05, 3.63) is 131 Å². The molecule has 6 aromatic rings. The van der Waals surface area contributed by atoms with Gasteiger partial charge in [-0.05, 0) is 82.2 Å². The van der Waals surface area contributed by atoms with Crippen molar-refractivity contribution in [3.8, 4) is 46.3 Å². The average Bonchev–Trinajstić information content (AvgIpc) is 3.27. The second-order valence-corrected chi connectivity index (χ2v) is 11.5. The summed E-state index contributed by atoms with van der Waals surface area (Å²) < 4.78 is 12.9. The Morgan fingerprint density at radius 3 is 1.29 bits per heavy atom. The van der Waals surface area contributed by atoms with Gasteiger partial charge in [0.25, 0.3) is 0 Å².